The van der Waals surface area contributed by atoms with Gasteiger partial charge in [-0.25, -0.2) is 4.98 Å². The smallest absolute Gasteiger partial charge is 0.187 e. The number of aromatic nitrogens is 2. The fourth-order valence-corrected chi connectivity index (χ4v) is 2.15. The van der Waals surface area contributed by atoms with Gasteiger partial charge in [-0.05, 0) is 16.3 Å². The number of nitrogens with zero attached hydrogens (tertiary/aromatic N) is 2. The van der Waals surface area contributed by atoms with Crippen LogP contribution in [0.2, 0.25) is 0 Å². The van der Waals surface area contributed by atoms with E-state index in [1.54, 1.807) is 6.20 Å². The molecule has 0 saturated carbocycles. The minimum atomic E-state index is -0.00977. The lowest BCUT2D eigenvalue weighted by Crippen LogP contribution is -2.06. The molecule has 0 aliphatic rings. The van der Waals surface area contributed by atoms with E-state index in [1.807, 2.05) is 42.5 Å². The van der Waals surface area contributed by atoms with Crippen molar-refractivity contribution in [1.82, 2.24) is 9.97 Å². The fraction of sp³-hybridized carbons (Fsp3) is 0.0625. The van der Waals surface area contributed by atoms with Crippen LogP contribution < -0.4 is 0 Å². The average molecular weight is 248 g/mol. The maximum Gasteiger partial charge on any atom is 0.187 e. The second kappa shape index (κ2) is 4.98. The summed E-state index contributed by atoms with van der Waals surface area (Å²) in [4.78, 5) is 20.1. The highest BCUT2D eigenvalue weighted by atomic mass is 16.1. The predicted molar refractivity (Wildman–Crippen MR) is 74.0 cm³/mol. The van der Waals surface area contributed by atoms with E-state index in [2.05, 4.69) is 9.97 Å². The number of ketones is 1. The van der Waals surface area contributed by atoms with Crippen LogP contribution in [0.15, 0.2) is 61.1 Å². The lowest BCUT2D eigenvalue weighted by atomic mass is 10.00. The van der Waals surface area contributed by atoms with Crippen LogP contribution >= 0.6 is 0 Å². The van der Waals surface area contributed by atoms with Crippen LogP contribution in [0.3, 0.4) is 0 Å². The third kappa shape index (κ3) is 2.36. The van der Waals surface area contributed by atoms with Crippen molar-refractivity contribution in [2.75, 3.05) is 0 Å². The highest BCUT2D eigenvalue weighted by Gasteiger charge is 2.10. The quantitative estimate of drug-likeness (QED) is 0.669. The molecule has 0 spiro atoms. The first-order valence-electron chi connectivity index (χ1n) is 6.10. The summed E-state index contributed by atoms with van der Waals surface area (Å²) < 4.78 is 0. The summed E-state index contributed by atoms with van der Waals surface area (Å²) in [7, 11) is 0. The molecule has 19 heavy (non-hydrogen) atoms. The average Bonchev–Trinajstić information content (AvgIpc) is 2.48. The molecule has 0 aliphatic heterocycles. The van der Waals surface area contributed by atoms with E-state index in [-0.39, 0.29) is 5.78 Å². The van der Waals surface area contributed by atoms with E-state index < -0.39 is 0 Å². The van der Waals surface area contributed by atoms with Crippen molar-refractivity contribution in [3.63, 3.8) is 0 Å². The van der Waals surface area contributed by atoms with E-state index in [1.165, 1.54) is 12.4 Å². The minimum Gasteiger partial charge on any atom is -0.292 e. The summed E-state index contributed by atoms with van der Waals surface area (Å²) in [6, 6.07) is 14.1. The van der Waals surface area contributed by atoms with Gasteiger partial charge in [0.2, 0.25) is 0 Å². The Hall–Kier alpha value is -2.55. The third-order valence-corrected chi connectivity index (χ3v) is 3.08. The van der Waals surface area contributed by atoms with E-state index in [0.717, 1.165) is 16.3 Å². The van der Waals surface area contributed by atoms with E-state index in [0.29, 0.717) is 12.1 Å². The van der Waals surface area contributed by atoms with Crippen LogP contribution in [0, 0.1) is 0 Å². The Labute approximate surface area is 111 Å². The van der Waals surface area contributed by atoms with Crippen molar-refractivity contribution in [2.24, 2.45) is 0 Å². The minimum absolute atomic E-state index is 0.00977. The molecule has 0 amide bonds. The number of rotatable bonds is 3. The topological polar surface area (TPSA) is 42.9 Å². The van der Waals surface area contributed by atoms with Crippen LogP contribution in [-0.4, -0.2) is 15.8 Å². The first-order valence-corrected chi connectivity index (χ1v) is 6.10. The number of carbonyl (C=O) groups is 1. The fourth-order valence-electron chi connectivity index (χ4n) is 2.15. The molecule has 3 aromatic rings. The third-order valence-electron chi connectivity index (χ3n) is 3.08. The molecule has 1 heterocycles. The van der Waals surface area contributed by atoms with Gasteiger partial charge in [0, 0.05) is 18.8 Å². The summed E-state index contributed by atoms with van der Waals surface area (Å²) in [5.41, 5.74) is 1.43. The van der Waals surface area contributed by atoms with Crippen molar-refractivity contribution in [2.45, 2.75) is 6.42 Å². The summed E-state index contributed by atoms with van der Waals surface area (Å²) in [5.74, 6) is -0.00977. The molecule has 0 bridgehead atoms. The normalized spacial score (nSPS) is 10.5. The molecule has 92 valence electrons. The highest BCUT2D eigenvalue weighted by Crippen LogP contribution is 2.19. The van der Waals surface area contributed by atoms with Gasteiger partial charge in [-0.1, -0.05) is 42.5 Å². The molecule has 1 aromatic heterocycles. The molecule has 0 radical (unpaired) electrons. The van der Waals surface area contributed by atoms with Gasteiger partial charge >= 0.3 is 0 Å². The van der Waals surface area contributed by atoms with Gasteiger partial charge in [0.25, 0.3) is 0 Å². The lowest BCUT2D eigenvalue weighted by molar-refractivity contribution is 0.0988. The number of hydrogen-bond donors (Lipinski definition) is 0. The van der Waals surface area contributed by atoms with Crippen LogP contribution in [0.1, 0.15) is 16.1 Å². The standard InChI is InChI=1S/C16H12N2O/c19-16(15-11-17-8-9-18-15)10-13-6-3-5-12-4-1-2-7-14(12)13/h1-9,11H,10H2. The number of carbonyl (C=O) groups excluding carboxylic acids is 1. The van der Waals surface area contributed by atoms with Gasteiger partial charge < -0.3 is 0 Å². The Morgan fingerprint density at radius 3 is 2.68 bits per heavy atom. The summed E-state index contributed by atoms with van der Waals surface area (Å²) in [6.07, 6.45) is 4.96. The maximum atomic E-state index is 12.2. The SMILES string of the molecule is O=C(Cc1cccc2ccccc12)c1cnccn1. The van der Waals surface area contributed by atoms with Gasteiger partial charge in [0.1, 0.15) is 5.69 Å². The molecule has 3 heteroatoms. The summed E-state index contributed by atoms with van der Waals surface area (Å²) in [6.45, 7) is 0. The van der Waals surface area contributed by atoms with Crippen LogP contribution in [-0.2, 0) is 6.42 Å². The molecule has 0 atom stereocenters. The molecule has 0 unspecified atom stereocenters. The van der Waals surface area contributed by atoms with Crippen molar-refractivity contribution >= 4 is 16.6 Å². The first kappa shape index (κ1) is 11.5. The first-order chi connectivity index (χ1) is 9.34. The van der Waals surface area contributed by atoms with Gasteiger partial charge in [0.05, 0.1) is 6.20 Å². The van der Waals surface area contributed by atoms with Crippen LogP contribution in [0.5, 0.6) is 0 Å². The zero-order chi connectivity index (χ0) is 13.1. The maximum absolute atomic E-state index is 12.2. The molecule has 3 nitrogen and oxygen atoms in total. The Morgan fingerprint density at radius 2 is 1.84 bits per heavy atom. The van der Waals surface area contributed by atoms with Crippen molar-refractivity contribution in [3.8, 4) is 0 Å². The summed E-state index contributed by atoms with van der Waals surface area (Å²) in [5, 5.41) is 2.26. The highest BCUT2D eigenvalue weighted by molar-refractivity contribution is 5.98. The van der Waals surface area contributed by atoms with E-state index >= 15 is 0 Å². The number of benzene rings is 2. The Kier molecular flexibility index (Phi) is 3.02. The van der Waals surface area contributed by atoms with E-state index in [4.69, 9.17) is 0 Å². The van der Waals surface area contributed by atoms with Gasteiger partial charge in [0.15, 0.2) is 5.78 Å². The van der Waals surface area contributed by atoms with E-state index in [9.17, 15) is 4.79 Å². The molecule has 3 rings (SSSR count). The lowest BCUT2D eigenvalue weighted by Gasteiger charge is -2.05. The molecule has 0 fully saturated rings. The van der Waals surface area contributed by atoms with Gasteiger partial charge in [-0.15, -0.1) is 0 Å². The van der Waals surface area contributed by atoms with Gasteiger partial charge in [-0.3, -0.25) is 9.78 Å². The van der Waals surface area contributed by atoms with Crippen molar-refractivity contribution < 1.29 is 4.79 Å². The largest absolute Gasteiger partial charge is 0.292 e. The molecule has 0 aliphatic carbocycles. The zero-order valence-electron chi connectivity index (χ0n) is 10.3. The molecule has 0 saturated heterocycles. The molecular weight excluding hydrogens is 236 g/mol. The molecule has 2 aromatic carbocycles. The molecular formula is C16H12N2O. The predicted octanol–water partition coefficient (Wildman–Crippen LogP) is 3.06. The van der Waals surface area contributed by atoms with Crippen molar-refractivity contribution in [1.29, 1.82) is 0 Å². The second-order valence-corrected chi connectivity index (χ2v) is 4.33. The van der Waals surface area contributed by atoms with Crippen LogP contribution in [0.25, 0.3) is 10.8 Å². The van der Waals surface area contributed by atoms with Crippen molar-refractivity contribution in [3.05, 3.63) is 72.3 Å². The molecule has 0 N–H and O–H groups in total. The van der Waals surface area contributed by atoms with Gasteiger partial charge in [-0.2, -0.15) is 0 Å². The Bertz CT molecular complexity index is 718. The van der Waals surface area contributed by atoms with Crippen LogP contribution in [0.4, 0.5) is 0 Å². The summed E-state index contributed by atoms with van der Waals surface area (Å²) >= 11 is 0. The second-order valence-electron chi connectivity index (χ2n) is 4.33. The monoisotopic (exact) mass is 248 g/mol. The Balaban J connectivity index is 1.96. The number of hydrogen-bond acceptors (Lipinski definition) is 3. The Morgan fingerprint density at radius 1 is 1.00 bits per heavy atom. The number of Topliss-reactive ketones (excluding diaryl/α,β-unsaturated/α-hetero) is 1. The number of fused-ring (bicyclic) bond motifs is 1. The zero-order valence-corrected chi connectivity index (χ0v) is 10.3.